The van der Waals surface area contributed by atoms with E-state index in [0.29, 0.717) is 11.6 Å². The van der Waals surface area contributed by atoms with Crippen LogP contribution in [0.4, 0.5) is 0 Å². The van der Waals surface area contributed by atoms with E-state index in [1.54, 1.807) is 0 Å². The molecule has 0 bridgehead atoms. The zero-order valence-electron chi connectivity index (χ0n) is 11.6. The molecular weight excluding hydrogens is 296 g/mol. The number of hydrogen-bond donors (Lipinski definition) is 1. The van der Waals surface area contributed by atoms with Crippen LogP contribution in [0.25, 0.3) is 0 Å². The number of rotatable bonds is 4. The maximum absolute atomic E-state index is 11.5. The first-order chi connectivity index (χ1) is 9.37. The van der Waals surface area contributed by atoms with E-state index < -0.39 is 9.84 Å². The lowest BCUT2D eigenvalue weighted by Gasteiger charge is -2.33. The number of sulfone groups is 1. The molecule has 1 aromatic carbocycles. The van der Waals surface area contributed by atoms with Gasteiger partial charge in [-0.25, -0.2) is 8.42 Å². The van der Waals surface area contributed by atoms with Crippen molar-refractivity contribution in [2.24, 2.45) is 5.73 Å². The van der Waals surface area contributed by atoms with Crippen molar-refractivity contribution >= 4 is 21.4 Å². The molecule has 1 aliphatic rings. The second-order valence-electron chi connectivity index (χ2n) is 5.45. The molecule has 1 saturated heterocycles. The standard InChI is InChI=1S/C14H21ClN2O2S/c1-11-10-20(18,19)8-7-17(11)6-5-14(16)12-3-2-4-13(15)9-12/h2-4,9,11,14H,5-8,10,16H2,1H3. The summed E-state index contributed by atoms with van der Waals surface area (Å²) < 4.78 is 23.1. The molecule has 0 amide bonds. The minimum absolute atomic E-state index is 0.0697. The van der Waals surface area contributed by atoms with Gasteiger partial charge in [-0.2, -0.15) is 0 Å². The van der Waals surface area contributed by atoms with E-state index in [0.717, 1.165) is 18.5 Å². The Hall–Kier alpha value is -0.620. The molecular formula is C14H21ClN2O2S. The Labute approximate surface area is 125 Å². The second-order valence-corrected chi connectivity index (χ2v) is 8.11. The molecule has 0 aromatic heterocycles. The summed E-state index contributed by atoms with van der Waals surface area (Å²) in [6.07, 6.45) is 0.796. The predicted molar refractivity (Wildman–Crippen MR) is 82.7 cm³/mol. The van der Waals surface area contributed by atoms with Crippen LogP contribution in [0.2, 0.25) is 5.02 Å². The lowest BCUT2D eigenvalue weighted by molar-refractivity contribution is 0.219. The topological polar surface area (TPSA) is 63.4 Å². The van der Waals surface area contributed by atoms with Gasteiger partial charge in [0.05, 0.1) is 11.5 Å². The molecule has 1 aliphatic heterocycles. The molecule has 0 aliphatic carbocycles. The van der Waals surface area contributed by atoms with Crippen LogP contribution < -0.4 is 5.73 Å². The molecule has 0 spiro atoms. The van der Waals surface area contributed by atoms with Crippen LogP contribution in [-0.2, 0) is 9.84 Å². The number of nitrogens with zero attached hydrogens (tertiary/aromatic N) is 1. The zero-order valence-corrected chi connectivity index (χ0v) is 13.2. The summed E-state index contributed by atoms with van der Waals surface area (Å²) in [6, 6.07) is 7.58. The van der Waals surface area contributed by atoms with E-state index in [2.05, 4.69) is 4.90 Å². The monoisotopic (exact) mass is 316 g/mol. The van der Waals surface area contributed by atoms with Crippen LogP contribution in [-0.4, -0.2) is 44.0 Å². The Morgan fingerprint density at radius 1 is 1.50 bits per heavy atom. The van der Waals surface area contributed by atoms with Gasteiger partial charge < -0.3 is 5.73 Å². The molecule has 1 heterocycles. The average Bonchev–Trinajstić information content (AvgIpc) is 2.36. The van der Waals surface area contributed by atoms with Gasteiger partial charge in [-0.05, 0) is 31.0 Å². The Kier molecular flexibility index (Phi) is 5.07. The first-order valence-electron chi connectivity index (χ1n) is 6.83. The molecule has 20 heavy (non-hydrogen) atoms. The number of benzene rings is 1. The van der Waals surface area contributed by atoms with Gasteiger partial charge in [0.25, 0.3) is 0 Å². The minimum atomic E-state index is -2.85. The third-order valence-corrected chi connectivity index (χ3v) is 5.84. The lowest BCUT2D eigenvalue weighted by Crippen LogP contribution is -2.47. The van der Waals surface area contributed by atoms with Gasteiger partial charge in [0.2, 0.25) is 0 Å². The molecule has 4 nitrogen and oxygen atoms in total. The fraction of sp³-hybridized carbons (Fsp3) is 0.571. The zero-order chi connectivity index (χ0) is 14.8. The van der Waals surface area contributed by atoms with E-state index in [4.69, 9.17) is 17.3 Å². The van der Waals surface area contributed by atoms with Crippen molar-refractivity contribution in [3.63, 3.8) is 0 Å². The summed E-state index contributed by atoms with van der Waals surface area (Å²) in [6.45, 7) is 3.37. The fourth-order valence-corrected chi connectivity index (χ4v) is 4.40. The molecule has 2 rings (SSSR count). The van der Waals surface area contributed by atoms with Crippen LogP contribution in [0.3, 0.4) is 0 Å². The maximum Gasteiger partial charge on any atom is 0.153 e. The van der Waals surface area contributed by atoms with E-state index in [1.165, 1.54) is 0 Å². The first kappa shape index (κ1) is 15.8. The number of nitrogens with two attached hydrogens (primary N) is 1. The Balaban J connectivity index is 1.89. The normalized spacial score (nSPS) is 24.4. The minimum Gasteiger partial charge on any atom is -0.324 e. The summed E-state index contributed by atoms with van der Waals surface area (Å²) in [5, 5.41) is 0.690. The Bertz CT molecular complexity index is 562. The predicted octanol–water partition coefficient (Wildman–Crippen LogP) is 1.85. The molecule has 2 N–H and O–H groups in total. The van der Waals surface area contributed by atoms with E-state index in [-0.39, 0.29) is 23.6 Å². The van der Waals surface area contributed by atoms with Crippen molar-refractivity contribution in [2.45, 2.75) is 25.4 Å². The summed E-state index contributed by atoms with van der Waals surface area (Å²) >= 11 is 5.96. The van der Waals surface area contributed by atoms with Gasteiger partial charge in [-0.1, -0.05) is 23.7 Å². The molecule has 6 heteroatoms. The van der Waals surface area contributed by atoms with E-state index in [1.807, 2.05) is 31.2 Å². The van der Waals surface area contributed by atoms with E-state index in [9.17, 15) is 8.42 Å². The quantitative estimate of drug-likeness (QED) is 0.920. The molecule has 2 unspecified atom stereocenters. The van der Waals surface area contributed by atoms with Gasteiger partial charge in [-0.15, -0.1) is 0 Å². The molecule has 1 fully saturated rings. The molecule has 2 atom stereocenters. The smallest absolute Gasteiger partial charge is 0.153 e. The van der Waals surface area contributed by atoms with Crippen molar-refractivity contribution in [2.75, 3.05) is 24.6 Å². The first-order valence-corrected chi connectivity index (χ1v) is 9.03. The lowest BCUT2D eigenvalue weighted by atomic mass is 10.0. The van der Waals surface area contributed by atoms with Gasteiger partial charge in [0.15, 0.2) is 9.84 Å². The largest absolute Gasteiger partial charge is 0.324 e. The highest BCUT2D eigenvalue weighted by molar-refractivity contribution is 7.91. The molecule has 0 saturated carbocycles. The van der Waals surface area contributed by atoms with Crippen LogP contribution >= 0.6 is 11.6 Å². The fourth-order valence-electron chi connectivity index (χ4n) is 2.57. The van der Waals surface area contributed by atoms with Crippen molar-refractivity contribution < 1.29 is 8.42 Å². The van der Waals surface area contributed by atoms with Crippen molar-refractivity contribution in [3.8, 4) is 0 Å². The summed E-state index contributed by atoms with van der Waals surface area (Å²) in [5.74, 6) is 0.503. The summed E-state index contributed by atoms with van der Waals surface area (Å²) in [4.78, 5) is 2.20. The Morgan fingerprint density at radius 3 is 2.90 bits per heavy atom. The highest BCUT2D eigenvalue weighted by atomic mass is 35.5. The van der Waals surface area contributed by atoms with Crippen molar-refractivity contribution in [1.29, 1.82) is 0 Å². The van der Waals surface area contributed by atoms with Crippen molar-refractivity contribution in [1.82, 2.24) is 4.90 Å². The third-order valence-electron chi connectivity index (χ3n) is 3.81. The molecule has 1 aromatic rings. The maximum atomic E-state index is 11.5. The van der Waals surface area contributed by atoms with Crippen molar-refractivity contribution in [3.05, 3.63) is 34.9 Å². The number of halogens is 1. The van der Waals surface area contributed by atoms with Crippen LogP contribution in [0.5, 0.6) is 0 Å². The van der Waals surface area contributed by atoms with E-state index >= 15 is 0 Å². The highest BCUT2D eigenvalue weighted by Gasteiger charge is 2.27. The number of hydrogen-bond acceptors (Lipinski definition) is 4. The SMILES string of the molecule is CC1CS(=O)(=O)CCN1CCC(N)c1cccc(Cl)c1. The van der Waals surface area contributed by atoms with Gasteiger partial charge in [-0.3, -0.25) is 4.90 Å². The summed E-state index contributed by atoms with van der Waals surface area (Å²) in [7, 11) is -2.85. The second kappa shape index (κ2) is 6.43. The van der Waals surface area contributed by atoms with Crippen LogP contribution in [0.15, 0.2) is 24.3 Å². The van der Waals surface area contributed by atoms with Crippen LogP contribution in [0.1, 0.15) is 24.9 Å². The van der Waals surface area contributed by atoms with Gasteiger partial charge in [0, 0.05) is 30.2 Å². The van der Waals surface area contributed by atoms with Gasteiger partial charge >= 0.3 is 0 Å². The molecule has 0 radical (unpaired) electrons. The Morgan fingerprint density at radius 2 is 2.25 bits per heavy atom. The van der Waals surface area contributed by atoms with Crippen LogP contribution in [0, 0.1) is 0 Å². The highest BCUT2D eigenvalue weighted by Crippen LogP contribution is 2.20. The third kappa shape index (κ3) is 4.19. The summed E-state index contributed by atoms with van der Waals surface area (Å²) in [5.41, 5.74) is 7.20. The van der Waals surface area contributed by atoms with Gasteiger partial charge in [0.1, 0.15) is 0 Å². The average molecular weight is 317 g/mol. The molecule has 112 valence electrons.